The van der Waals surface area contributed by atoms with Crippen LogP contribution in [0.3, 0.4) is 0 Å². The van der Waals surface area contributed by atoms with Crippen LogP contribution in [0.2, 0.25) is 5.02 Å². The Morgan fingerprint density at radius 1 is 1.17 bits per heavy atom. The Bertz CT molecular complexity index is 876. The number of hydrogen-bond acceptors (Lipinski definition) is 3. The SMILES string of the molecule is O=C1COc2ccc(C(c3ccc(Cl)cc3)n3ccnc3)cc2N1. The van der Waals surface area contributed by atoms with Crippen LogP contribution in [-0.2, 0) is 4.79 Å². The van der Waals surface area contributed by atoms with E-state index in [-0.39, 0.29) is 18.6 Å². The lowest BCUT2D eigenvalue weighted by Crippen LogP contribution is -2.25. The minimum absolute atomic E-state index is 0.0501. The van der Waals surface area contributed by atoms with Gasteiger partial charge in [-0.1, -0.05) is 29.8 Å². The lowest BCUT2D eigenvalue weighted by Gasteiger charge is -2.23. The average molecular weight is 340 g/mol. The zero-order valence-electron chi connectivity index (χ0n) is 12.6. The summed E-state index contributed by atoms with van der Waals surface area (Å²) in [6, 6.07) is 13.4. The summed E-state index contributed by atoms with van der Waals surface area (Å²) in [6.45, 7) is 0.0501. The van der Waals surface area contributed by atoms with Crippen LogP contribution in [0.5, 0.6) is 5.75 Å². The molecule has 0 fully saturated rings. The number of carbonyl (C=O) groups excluding carboxylic acids is 1. The van der Waals surface area contributed by atoms with Crippen molar-refractivity contribution >= 4 is 23.2 Å². The number of amides is 1. The van der Waals surface area contributed by atoms with Gasteiger partial charge >= 0.3 is 0 Å². The van der Waals surface area contributed by atoms with Crippen LogP contribution in [0.1, 0.15) is 17.2 Å². The second kappa shape index (κ2) is 6.02. The highest BCUT2D eigenvalue weighted by Crippen LogP contribution is 2.34. The molecule has 6 heteroatoms. The maximum Gasteiger partial charge on any atom is 0.262 e. The number of anilines is 1. The van der Waals surface area contributed by atoms with E-state index in [0.29, 0.717) is 16.5 Å². The van der Waals surface area contributed by atoms with Gasteiger partial charge in [-0.05, 0) is 35.4 Å². The van der Waals surface area contributed by atoms with Crippen molar-refractivity contribution in [1.82, 2.24) is 9.55 Å². The summed E-state index contributed by atoms with van der Waals surface area (Å²) >= 11 is 6.02. The normalized spacial score (nSPS) is 14.5. The van der Waals surface area contributed by atoms with Gasteiger partial charge in [-0.2, -0.15) is 0 Å². The lowest BCUT2D eigenvalue weighted by molar-refractivity contribution is -0.118. The highest BCUT2D eigenvalue weighted by molar-refractivity contribution is 6.30. The molecule has 0 bridgehead atoms. The van der Waals surface area contributed by atoms with Crippen LogP contribution in [0.4, 0.5) is 5.69 Å². The Hall–Kier alpha value is -2.79. The molecule has 2 heterocycles. The third-order valence-electron chi connectivity index (χ3n) is 3.96. The Morgan fingerprint density at radius 2 is 1.96 bits per heavy atom. The largest absolute Gasteiger partial charge is 0.482 e. The third kappa shape index (κ3) is 2.74. The smallest absolute Gasteiger partial charge is 0.262 e. The van der Waals surface area contributed by atoms with E-state index in [1.54, 1.807) is 12.5 Å². The highest BCUT2D eigenvalue weighted by Gasteiger charge is 2.21. The van der Waals surface area contributed by atoms with Gasteiger partial charge in [0.25, 0.3) is 5.91 Å². The summed E-state index contributed by atoms with van der Waals surface area (Å²) in [5, 5.41) is 3.54. The second-order valence-electron chi connectivity index (χ2n) is 5.56. The van der Waals surface area contributed by atoms with Gasteiger partial charge in [-0.15, -0.1) is 0 Å². The number of hydrogen-bond donors (Lipinski definition) is 1. The molecule has 0 aliphatic carbocycles. The van der Waals surface area contributed by atoms with Crippen molar-refractivity contribution in [3.8, 4) is 5.75 Å². The van der Waals surface area contributed by atoms with Crippen molar-refractivity contribution in [2.75, 3.05) is 11.9 Å². The second-order valence-corrected chi connectivity index (χ2v) is 5.99. The van der Waals surface area contributed by atoms with Crippen LogP contribution in [-0.4, -0.2) is 22.1 Å². The first-order valence-corrected chi connectivity index (χ1v) is 7.88. The van der Waals surface area contributed by atoms with Gasteiger partial charge in [0.2, 0.25) is 0 Å². The van der Waals surface area contributed by atoms with Crippen molar-refractivity contribution < 1.29 is 9.53 Å². The molecule has 1 unspecified atom stereocenters. The Kier molecular flexibility index (Phi) is 3.70. The molecule has 1 atom stereocenters. The van der Waals surface area contributed by atoms with Crippen LogP contribution in [0, 0.1) is 0 Å². The van der Waals surface area contributed by atoms with E-state index in [4.69, 9.17) is 16.3 Å². The van der Waals surface area contributed by atoms with E-state index in [1.807, 2.05) is 53.2 Å². The number of carbonyl (C=O) groups is 1. The van der Waals surface area contributed by atoms with E-state index in [2.05, 4.69) is 10.3 Å². The van der Waals surface area contributed by atoms with Crippen molar-refractivity contribution in [3.63, 3.8) is 0 Å². The maximum absolute atomic E-state index is 11.6. The number of rotatable bonds is 3. The molecule has 24 heavy (non-hydrogen) atoms. The van der Waals surface area contributed by atoms with Gasteiger partial charge in [0, 0.05) is 17.4 Å². The average Bonchev–Trinajstić information content (AvgIpc) is 3.10. The zero-order valence-corrected chi connectivity index (χ0v) is 13.4. The summed E-state index contributed by atoms with van der Waals surface area (Å²) in [5.41, 5.74) is 2.77. The summed E-state index contributed by atoms with van der Waals surface area (Å²) in [6.07, 6.45) is 5.42. The summed E-state index contributed by atoms with van der Waals surface area (Å²) in [7, 11) is 0. The summed E-state index contributed by atoms with van der Waals surface area (Å²) < 4.78 is 7.44. The van der Waals surface area contributed by atoms with Crippen molar-refractivity contribution in [2.45, 2.75) is 6.04 Å². The topological polar surface area (TPSA) is 56.2 Å². The minimum atomic E-state index is -0.148. The fourth-order valence-electron chi connectivity index (χ4n) is 2.87. The van der Waals surface area contributed by atoms with Gasteiger partial charge < -0.3 is 14.6 Å². The quantitative estimate of drug-likeness (QED) is 0.794. The number of nitrogens with zero attached hydrogens (tertiary/aromatic N) is 2. The van der Waals surface area contributed by atoms with Gasteiger partial charge in [0.15, 0.2) is 6.61 Å². The van der Waals surface area contributed by atoms with E-state index >= 15 is 0 Å². The van der Waals surface area contributed by atoms with E-state index in [1.165, 1.54) is 0 Å². The first-order chi connectivity index (χ1) is 11.7. The number of imidazole rings is 1. The monoisotopic (exact) mass is 339 g/mol. The predicted octanol–water partition coefficient (Wildman–Crippen LogP) is 3.51. The van der Waals surface area contributed by atoms with Crippen LogP contribution in [0.15, 0.2) is 61.2 Å². The number of ether oxygens (including phenoxy) is 1. The lowest BCUT2D eigenvalue weighted by atomic mass is 9.97. The van der Waals surface area contributed by atoms with Crippen LogP contribution >= 0.6 is 11.6 Å². The number of nitrogens with one attached hydrogen (secondary N) is 1. The maximum atomic E-state index is 11.6. The molecule has 5 nitrogen and oxygen atoms in total. The van der Waals surface area contributed by atoms with Crippen molar-refractivity contribution in [3.05, 3.63) is 77.3 Å². The molecule has 1 aliphatic rings. The molecule has 1 aromatic heterocycles. The first-order valence-electron chi connectivity index (χ1n) is 7.50. The predicted molar refractivity (Wildman–Crippen MR) is 91.5 cm³/mol. The fraction of sp³-hybridized carbons (Fsp3) is 0.111. The third-order valence-corrected chi connectivity index (χ3v) is 4.21. The van der Waals surface area contributed by atoms with Gasteiger partial charge in [0.05, 0.1) is 18.1 Å². The van der Waals surface area contributed by atoms with Gasteiger partial charge in [-0.3, -0.25) is 4.79 Å². The highest BCUT2D eigenvalue weighted by atomic mass is 35.5. The molecule has 1 N–H and O–H groups in total. The molecule has 4 rings (SSSR count). The van der Waals surface area contributed by atoms with E-state index in [0.717, 1.165) is 11.1 Å². The molecule has 0 radical (unpaired) electrons. The van der Waals surface area contributed by atoms with Gasteiger partial charge in [-0.25, -0.2) is 4.98 Å². The molecular formula is C18H14ClN3O2. The Morgan fingerprint density at radius 3 is 2.71 bits per heavy atom. The molecule has 1 amide bonds. The van der Waals surface area contributed by atoms with E-state index in [9.17, 15) is 4.79 Å². The molecule has 3 aromatic rings. The number of benzene rings is 2. The molecule has 0 spiro atoms. The van der Waals surface area contributed by atoms with Crippen molar-refractivity contribution in [2.24, 2.45) is 0 Å². The minimum Gasteiger partial charge on any atom is -0.482 e. The molecule has 0 saturated heterocycles. The Balaban J connectivity index is 1.81. The number of fused-ring (bicyclic) bond motifs is 1. The molecule has 120 valence electrons. The fourth-order valence-corrected chi connectivity index (χ4v) is 3.00. The molecular weight excluding hydrogens is 326 g/mol. The molecule has 0 saturated carbocycles. The van der Waals surface area contributed by atoms with Gasteiger partial charge in [0.1, 0.15) is 5.75 Å². The van der Waals surface area contributed by atoms with Crippen LogP contribution < -0.4 is 10.1 Å². The molecule has 1 aliphatic heterocycles. The van der Waals surface area contributed by atoms with E-state index < -0.39 is 0 Å². The number of aromatic nitrogens is 2. The standard InChI is InChI=1S/C18H14ClN3O2/c19-14-4-1-12(2-5-14)18(22-8-7-20-11-22)13-3-6-16-15(9-13)21-17(23)10-24-16/h1-9,11,18H,10H2,(H,21,23). The zero-order chi connectivity index (χ0) is 16.5. The molecule has 2 aromatic carbocycles. The first kappa shape index (κ1) is 14.8. The van der Waals surface area contributed by atoms with Crippen molar-refractivity contribution in [1.29, 1.82) is 0 Å². The number of halogens is 1. The van der Waals surface area contributed by atoms with Crippen LogP contribution in [0.25, 0.3) is 0 Å². The summed E-state index contributed by atoms with van der Waals surface area (Å²) in [5.74, 6) is 0.532. The summed E-state index contributed by atoms with van der Waals surface area (Å²) in [4.78, 5) is 15.7. The Labute approximate surface area is 143 Å².